The molecule has 1 amide bonds. The minimum atomic E-state index is -0.637. The minimum Gasteiger partial charge on any atom is -0.619 e. The molecule has 0 spiro atoms. The second-order valence-electron chi connectivity index (χ2n) is 6.66. The average molecular weight is 342 g/mol. The fourth-order valence-electron chi connectivity index (χ4n) is 2.30. The number of aromatic nitrogens is 1. The molecule has 2 aromatic rings. The number of carbonyl (C=O) groups excluding carboxylic acids is 2. The van der Waals surface area contributed by atoms with Gasteiger partial charge in [-0.15, -0.1) is 0 Å². The Labute approximate surface area is 147 Å². The number of hydrogen-bond acceptors (Lipinski definition) is 4. The Morgan fingerprint density at radius 3 is 2.24 bits per heavy atom. The van der Waals surface area contributed by atoms with Gasteiger partial charge in [0.25, 0.3) is 5.91 Å². The van der Waals surface area contributed by atoms with Gasteiger partial charge in [-0.2, -0.15) is 4.73 Å². The maximum Gasteiger partial charge on any atom is 0.339 e. The van der Waals surface area contributed by atoms with Crippen molar-refractivity contribution >= 4 is 11.9 Å². The highest BCUT2D eigenvalue weighted by Gasteiger charge is 2.27. The molecule has 0 saturated carbocycles. The number of ether oxygens (including phenoxy) is 1. The van der Waals surface area contributed by atoms with E-state index in [0.29, 0.717) is 11.3 Å². The molecular formula is C19H22N2O4. The molecule has 6 heteroatoms. The number of nitrogens with zero attached hydrogens (tertiary/aromatic N) is 2. The van der Waals surface area contributed by atoms with Crippen molar-refractivity contribution in [3.63, 3.8) is 0 Å². The highest BCUT2D eigenvalue weighted by atomic mass is 16.5. The van der Waals surface area contributed by atoms with E-state index in [9.17, 15) is 14.8 Å². The van der Waals surface area contributed by atoms with Gasteiger partial charge in [-0.1, -0.05) is 30.3 Å². The topological polar surface area (TPSA) is 73.5 Å². The van der Waals surface area contributed by atoms with E-state index >= 15 is 0 Å². The van der Waals surface area contributed by atoms with Crippen LogP contribution in [0.4, 0.5) is 0 Å². The Kier molecular flexibility index (Phi) is 5.75. The molecule has 0 aliphatic rings. The first-order valence-corrected chi connectivity index (χ1v) is 7.98. The molecule has 0 N–H and O–H groups in total. The lowest BCUT2D eigenvalue weighted by molar-refractivity contribution is -0.605. The Hall–Kier alpha value is -2.89. The summed E-state index contributed by atoms with van der Waals surface area (Å²) >= 11 is 0. The summed E-state index contributed by atoms with van der Waals surface area (Å²) in [4.78, 5) is 26.2. The molecule has 1 aromatic heterocycles. The number of carbonyl (C=O) groups is 2. The summed E-state index contributed by atoms with van der Waals surface area (Å²) in [5, 5.41) is 11.0. The van der Waals surface area contributed by atoms with Gasteiger partial charge in [0.1, 0.15) is 0 Å². The van der Waals surface area contributed by atoms with Crippen molar-refractivity contribution in [2.24, 2.45) is 0 Å². The zero-order chi connectivity index (χ0) is 18.4. The highest BCUT2D eigenvalue weighted by molar-refractivity contribution is 5.91. The van der Waals surface area contributed by atoms with Gasteiger partial charge in [-0.05, 0) is 26.3 Å². The zero-order valence-electron chi connectivity index (χ0n) is 14.6. The molecule has 0 fully saturated rings. The van der Waals surface area contributed by atoms with Crippen molar-refractivity contribution in [1.29, 1.82) is 0 Å². The van der Waals surface area contributed by atoms with Crippen LogP contribution in [-0.2, 0) is 16.1 Å². The lowest BCUT2D eigenvalue weighted by Gasteiger charge is -2.35. The summed E-state index contributed by atoms with van der Waals surface area (Å²) in [5.41, 5.74) is 0.811. The quantitative estimate of drug-likeness (QED) is 0.475. The summed E-state index contributed by atoms with van der Waals surface area (Å²) in [7, 11) is 0. The predicted molar refractivity (Wildman–Crippen MR) is 92.4 cm³/mol. The smallest absolute Gasteiger partial charge is 0.339 e. The Bertz CT molecular complexity index is 721. The van der Waals surface area contributed by atoms with Crippen LogP contribution in [0.15, 0.2) is 54.9 Å². The van der Waals surface area contributed by atoms with E-state index < -0.39 is 11.5 Å². The fraction of sp³-hybridized carbons (Fsp3) is 0.316. The molecule has 0 atom stereocenters. The van der Waals surface area contributed by atoms with Crippen LogP contribution in [0.5, 0.6) is 0 Å². The van der Waals surface area contributed by atoms with Crippen molar-refractivity contribution in [3.8, 4) is 0 Å². The summed E-state index contributed by atoms with van der Waals surface area (Å²) in [5.74, 6) is -0.915. The number of pyridine rings is 1. The van der Waals surface area contributed by atoms with Crippen LogP contribution < -0.4 is 4.73 Å². The van der Waals surface area contributed by atoms with Crippen molar-refractivity contribution < 1.29 is 19.1 Å². The molecule has 0 radical (unpaired) electrons. The van der Waals surface area contributed by atoms with Crippen molar-refractivity contribution in [2.75, 3.05) is 6.61 Å². The lowest BCUT2D eigenvalue weighted by atomic mass is 10.0. The third kappa shape index (κ3) is 5.31. The molecule has 2 rings (SSSR count). The first kappa shape index (κ1) is 18.4. The van der Waals surface area contributed by atoms with Crippen molar-refractivity contribution in [3.05, 3.63) is 71.2 Å². The van der Waals surface area contributed by atoms with Crippen molar-refractivity contribution in [1.82, 2.24) is 4.90 Å². The third-order valence-electron chi connectivity index (χ3n) is 3.66. The number of benzene rings is 1. The lowest BCUT2D eigenvalue weighted by Crippen LogP contribution is -2.46. The van der Waals surface area contributed by atoms with E-state index in [2.05, 4.69) is 0 Å². The third-order valence-corrected chi connectivity index (χ3v) is 3.66. The van der Waals surface area contributed by atoms with Crippen LogP contribution in [0.3, 0.4) is 0 Å². The monoisotopic (exact) mass is 342 g/mol. The SMILES string of the molecule is CC(C)(C)N(Cc1ccccc1)C(=O)COC(=O)c1cc[n+]([O-])cc1. The maximum atomic E-state index is 12.6. The largest absolute Gasteiger partial charge is 0.619 e. The summed E-state index contributed by atoms with van der Waals surface area (Å²) in [6, 6.07) is 12.3. The average Bonchev–Trinajstić information content (AvgIpc) is 2.58. The van der Waals surface area contributed by atoms with Crippen LogP contribution in [-0.4, -0.2) is 28.9 Å². The molecule has 0 unspecified atom stereocenters. The second-order valence-corrected chi connectivity index (χ2v) is 6.66. The number of amides is 1. The maximum absolute atomic E-state index is 12.6. The fourth-order valence-corrected chi connectivity index (χ4v) is 2.30. The summed E-state index contributed by atoms with van der Waals surface area (Å²) < 4.78 is 5.67. The molecule has 0 saturated heterocycles. The summed E-state index contributed by atoms with van der Waals surface area (Å²) in [6.07, 6.45) is 2.41. The number of esters is 1. The van der Waals surface area contributed by atoms with Gasteiger partial charge < -0.3 is 14.8 Å². The van der Waals surface area contributed by atoms with E-state index in [1.807, 2.05) is 51.1 Å². The van der Waals surface area contributed by atoms with Gasteiger partial charge in [0, 0.05) is 24.2 Å². The van der Waals surface area contributed by atoms with Gasteiger partial charge in [-0.25, -0.2) is 4.79 Å². The Balaban J connectivity index is 2.02. The van der Waals surface area contributed by atoms with Crippen LogP contribution in [0.1, 0.15) is 36.7 Å². The Morgan fingerprint density at radius 2 is 1.68 bits per heavy atom. The molecule has 132 valence electrons. The number of hydrogen-bond donors (Lipinski definition) is 0. The zero-order valence-corrected chi connectivity index (χ0v) is 14.6. The van der Waals surface area contributed by atoms with Gasteiger partial charge in [0.05, 0.1) is 5.56 Å². The predicted octanol–water partition coefficient (Wildman–Crippen LogP) is 2.30. The molecule has 0 aliphatic heterocycles. The summed E-state index contributed by atoms with van der Waals surface area (Å²) in [6.45, 7) is 5.87. The van der Waals surface area contributed by atoms with E-state index in [0.717, 1.165) is 5.56 Å². The minimum absolute atomic E-state index is 0.227. The number of rotatable bonds is 5. The van der Waals surface area contributed by atoms with Gasteiger partial charge in [0.2, 0.25) is 0 Å². The van der Waals surface area contributed by atoms with E-state index in [1.165, 1.54) is 24.5 Å². The van der Waals surface area contributed by atoms with Gasteiger partial charge >= 0.3 is 5.97 Å². The van der Waals surface area contributed by atoms with Crippen LogP contribution in [0.2, 0.25) is 0 Å². The van der Waals surface area contributed by atoms with Crippen molar-refractivity contribution in [2.45, 2.75) is 32.9 Å². The normalized spacial score (nSPS) is 11.0. The van der Waals surface area contributed by atoms with Crippen LogP contribution in [0, 0.1) is 5.21 Å². The molecular weight excluding hydrogens is 320 g/mol. The van der Waals surface area contributed by atoms with Crippen LogP contribution in [0.25, 0.3) is 0 Å². The van der Waals surface area contributed by atoms with E-state index in [-0.39, 0.29) is 18.1 Å². The van der Waals surface area contributed by atoms with Gasteiger partial charge in [0.15, 0.2) is 19.0 Å². The highest BCUT2D eigenvalue weighted by Crippen LogP contribution is 2.18. The molecule has 1 heterocycles. The molecule has 0 aliphatic carbocycles. The van der Waals surface area contributed by atoms with E-state index in [1.54, 1.807) is 4.90 Å². The van der Waals surface area contributed by atoms with E-state index in [4.69, 9.17) is 4.74 Å². The molecule has 1 aromatic carbocycles. The molecule has 25 heavy (non-hydrogen) atoms. The standard InChI is InChI=1S/C19H22N2O4/c1-19(2,3)21(13-15-7-5-4-6-8-15)17(22)14-25-18(23)16-9-11-20(24)12-10-16/h4-12H,13-14H2,1-3H3. The molecule has 0 bridgehead atoms. The first-order valence-electron chi connectivity index (χ1n) is 7.98. The molecule has 6 nitrogen and oxygen atoms in total. The first-order chi connectivity index (χ1) is 11.8. The second kappa shape index (κ2) is 7.79. The van der Waals surface area contributed by atoms with Crippen LogP contribution >= 0.6 is 0 Å². The Morgan fingerprint density at radius 1 is 1.08 bits per heavy atom. The van der Waals surface area contributed by atoms with Gasteiger partial charge in [-0.3, -0.25) is 4.79 Å².